The lowest BCUT2D eigenvalue weighted by molar-refractivity contribution is 0.0688. The average Bonchev–Trinajstić information content (AvgIpc) is 3.33. The molecule has 2 heterocycles. The summed E-state index contributed by atoms with van der Waals surface area (Å²) < 4.78 is 11.2. The Labute approximate surface area is 170 Å². The largest absolute Gasteiger partial charge is 0.486 e. The zero-order valence-electron chi connectivity index (χ0n) is 16.8. The summed E-state index contributed by atoms with van der Waals surface area (Å²) in [6.45, 7) is 9.83. The number of hydrogen-bond donors (Lipinski definition) is 0. The second-order valence-electron chi connectivity index (χ2n) is 7.28. The average molecular weight is 399 g/mol. The number of ether oxygens (including phenoxy) is 1. The van der Waals surface area contributed by atoms with E-state index in [4.69, 9.17) is 9.15 Å². The zero-order valence-corrected chi connectivity index (χ0v) is 17.6. The highest BCUT2D eigenvalue weighted by atomic mass is 32.1. The summed E-state index contributed by atoms with van der Waals surface area (Å²) in [5.74, 6) is 1.48. The molecule has 0 saturated carbocycles. The van der Waals surface area contributed by atoms with Crippen LogP contribution in [0.4, 0.5) is 0 Å². The van der Waals surface area contributed by atoms with Crippen LogP contribution in [-0.4, -0.2) is 22.3 Å². The first-order chi connectivity index (χ1) is 13.4. The van der Waals surface area contributed by atoms with E-state index in [0.717, 1.165) is 22.0 Å². The van der Waals surface area contributed by atoms with Crippen molar-refractivity contribution in [2.75, 3.05) is 6.54 Å². The van der Waals surface area contributed by atoms with Crippen molar-refractivity contribution < 1.29 is 13.9 Å². The van der Waals surface area contributed by atoms with Gasteiger partial charge in [0.05, 0.1) is 18.5 Å². The van der Waals surface area contributed by atoms with Crippen LogP contribution in [0.5, 0.6) is 5.75 Å². The van der Waals surface area contributed by atoms with Crippen molar-refractivity contribution in [3.63, 3.8) is 0 Å². The molecule has 1 aromatic carbocycles. The van der Waals surface area contributed by atoms with Crippen LogP contribution in [0.2, 0.25) is 0 Å². The Hall–Kier alpha value is -2.60. The number of carbonyl (C=O) groups excluding carboxylic acids is 1. The second-order valence-corrected chi connectivity index (χ2v) is 8.22. The topological polar surface area (TPSA) is 55.6 Å². The third-order valence-electron chi connectivity index (χ3n) is 4.46. The quantitative estimate of drug-likeness (QED) is 0.521. The molecule has 2 aromatic heterocycles. The van der Waals surface area contributed by atoms with Crippen LogP contribution in [0.1, 0.15) is 46.2 Å². The van der Waals surface area contributed by atoms with Gasteiger partial charge in [0.2, 0.25) is 0 Å². The molecule has 0 unspecified atom stereocenters. The van der Waals surface area contributed by atoms with Gasteiger partial charge in [-0.15, -0.1) is 11.3 Å². The van der Waals surface area contributed by atoms with Crippen LogP contribution in [0.15, 0.2) is 46.4 Å². The first-order valence-corrected chi connectivity index (χ1v) is 10.3. The van der Waals surface area contributed by atoms with Gasteiger partial charge < -0.3 is 14.1 Å². The van der Waals surface area contributed by atoms with Crippen LogP contribution >= 0.6 is 11.3 Å². The van der Waals surface area contributed by atoms with Crippen molar-refractivity contribution >= 4 is 17.2 Å². The summed E-state index contributed by atoms with van der Waals surface area (Å²) in [5, 5.41) is 2.88. The number of aryl methyl sites for hydroxylation is 1. The molecule has 0 radical (unpaired) electrons. The SMILES string of the molecule is Cc1cccc(OCc2nc(CN(CC(C)C)C(=O)c3ccco3)cs2)c1C. The predicted molar refractivity (Wildman–Crippen MR) is 111 cm³/mol. The molecule has 0 bridgehead atoms. The number of thiazole rings is 1. The van der Waals surface area contributed by atoms with Gasteiger partial charge in [-0.1, -0.05) is 26.0 Å². The smallest absolute Gasteiger partial charge is 0.289 e. The molecule has 0 atom stereocenters. The van der Waals surface area contributed by atoms with Crippen molar-refractivity contribution in [3.8, 4) is 5.75 Å². The fraction of sp³-hybridized carbons (Fsp3) is 0.364. The van der Waals surface area contributed by atoms with E-state index in [2.05, 4.69) is 38.7 Å². The lowest BCUT2D eigenvalue weighted by Crippen LogP contribution is -2.33. The maximum atomic E-state index is 12.7. The fourth-order valence-corrected chi connectivity index (χ4v) is 3.62. The number of benzene rings is 1. The molecule has 0 aliphatic heterocycles. The van der Waals surface area contributed by atoms with Gasteiger partial charge >= 0.3 is 0 Å². The molecule has 148 valence electrons. The van der Waals surface area contributed by atoms with Gasteiger partial charge in [0.1, 0.15) is 17.4 Å². The Kier molecular flexibility index (Phi) is 6.52. The first-order valence-electron chi connectivity index (χ1n) is 9.39. The highest BCUT2D eigenvalue weighted by Crippen LogP contribution is 2.23. The molecule has 6 heteroatoms. The summed E-state index contributed by atoms with van der Waals surface area (Å²) in [7, 11) is 0. The van der Waals surface area contributed by atoms with Crippen molar-refractivity contribution in [1.82, 2.24) is 9.88 Å². The highest BCUT2D eigenvalue weighted by molar-refractivity contribution is 7.09. The molecular formula is C22H26N2O3S. The third-order valence-corrected chi connectivity index (χ3v) is 5.33. The van der Waals surface area contributed by atoms with Gasteiger partial charge in [-0.05, 0) is 49.1 Å². The van der Waals surface area contributed by atoms with Crippen LogP contribution in [0.25, 0.3) is 0 Å². The summed E-state index contributed by atoms with van der Waals surface area (Å²) >= 11 is 1.55. The molecule has 0 aliphatic carbocycles. The number of aromatic nitrogens is 1. The van der Waals surface area contributed by atoms with Gasteiger partial charge in [0.15, 0.2) is 5.76 Å². The van der Waals surface area contributed by atoms with Crippen molar-refractivity contribution in [1.29, 1.82) is 0 Å². The standard InChI is InChI=1S/C22H26N2O3S/c1-15(2)11-24(22(25)20-9-6-10-26-20)12-18-14-28-21(23-18)13-27-19-8-5-7-16(3)17(19)4/h5-10,14-15H,11-13H2,1-4H3. The van der Waals surface area contributed by atoms with Crippen LogP contribution in [-0.2, 0) is 13.2 Å². The summed E-state index contributed by atoms with van der Waals surface area (Å²) in [6, 6.07) is 9.47. The third kappa shape index (κ3) is 5.01. The molecule has 0 saturated heterocycles. The number of rotatable bonds is 8. The van der Waals surface area contributed by atoms with Gasteiger partial charge in [-0.2, -0.15) is 0 Å². The van der Waals surface area contributed by atoms with Gasteiger partial charge in [-0.3, -0.25) is 4.79 Å². The molecule has 0 spiro atoms. The number of amides is 1. The molecule has 3 rings (SSSR count). The maximum Gasteiger partial charge on any atom is 0.289 e. The predicted octanol–water partition coefficient (Wildman–Crippen LogP) is 5.23. The van der Waals surface area contributed by atoms with Gasteiger partial charge in [-0.25, -0.2) is 4.98 Å². The Balaban J connectivity index is 1.66. The molecule has 0 aliphatic rings. The van der Waals surface area contributed by atoms with E-state index in [-0.39, 0.29) is 5.91 Å². The lowest BCUT2D eigenvalue weighted by Gasteiger charge is -2.22. The fourth-order valence-electron chi connectivity index (χ4n) is 2.92. The molecule has 3 aromatic rings. The van der Waals surface area contributed by atoms with Crippen LogP contribution in [0.3, 0.4) is 0 Å². The monoisotopic (exact) mass is 398 g/mol. The zero-order chi connectivity index (χ0) is 20.1. The van der Waals surface area contributed by atoms with Crippen molar-refractivity contribution in [3.05, 3.63) is 69.6 Å². The van der Waals surface area contributed by atoms with E-state index in [1.54, 1.807) is 28.4 Å². The highest BCUT2D eigenvalue weighted by Gasteiger charge is 2.20. The number of hydrogen-bond acceptors (Lipinski definition) is 5. The summed E-state index contributed by atoms with van der Waals surface area (Å²) in [6.07, 6.45) is 1.52. The molecule has 5 nitrogen and oxygen atoms in total. The lowest BCUT2D eigenvalue weighted by atomic mass is 10.1. The van der Waals surface area contributed by atoms with E-state index in [1.807, 2.05) is 17.5 Å². The Morgan fingerprint density at radius 3 is 2.79 bits per heavy atom. The minimum Gasteiger partial charge on any atom is -0.486 e. The molecular weight excluding hydrogens is 372 g/mol. The van der Waals surface area contributed by atoms with E-state index < -0.39 is 0 Å². The minimum absolute atomic E-state index is 0.111. The van der Waals surface area contributed by atoms with E-state index in [0.29, 0.717) is 31.4 Å². The van der Waals surface area contributed by atoms with Gasteiger partial charge in [0, 0.05) is 11.9 Å². The first kappa shape index (κ1) is 20.1. The number of carbonyl (C=O) groups is 1. The summed E-state index contributed by atoms with van der Waals surface area (Å²) in [4.78, 5) is 19.2. The normalized spacial score (nSPS) is 11.0. The second kappa shape index (κ2) is 9.06. The molecule has 0 N–H and O–H groups in total. The molecule has 1 amide bonds. The Morgan fingerprint density at radius 1 is 1.25 bits per heavy atom. The van der Waals surface area contributed by atoms with Gasteiger partial charge in [0.25, 0.3) is 5.91 Å². The van der Waals surface area contributed by atoms with Crippen LogP contribution in [0, 0.1) is 19.8 Å². The Morgan fingerprint density at radius 2 is 2.07 bits per heavy atom. The number of nitrogens with zero attached hydrogens (tertiary/aromatic N) is 2. The van der Waals surface area contributed by atoms with Crippen molar-refractivity contribution in [2.24, 2.45) is 5.92 Å². The van der Waals surface area contributed by atoms with E-state index in [1.165, 1.54) is 11.8 Å². The Bertz CT molecular complexity index is 916. The minimum atomic E-state index is -0.111. The summed E-state index contributed by atoms with van der Waals surface area (Å²) in [5.41, 5.74) is 3.22. The molecule has 0 fully saturated rings. The molecule has 28 heavy (non-hydrogen) atoms. The number of furan rings is 1. The van der Waals surface area contributed by atoms with E-state index >= 15 is 0 Å². The maximum absolute atomic E-state index is 12.7. The van der Waals surface area contributed by atoms with Crippen molar-refractivity contribution in [2.45, 2.75) is 40.8 Å². The van der Waals surface area contributed by atoms with E-state index in [9.17, 15) is 4.79 Å². The van der Waals surface area contributed by atoms with Crippen LogP contribution < -0.4 is 4.74 Å².